The first kappa shape index (κ1) is 23.7. The minimum atomic E-state index is -0.666. The molecule has 2 fully saturated rings. The van der Waals surface area contributed by atoms with Crippen LogP contribution in [0.4, 0.5) is 0 Å². The summed E-state index contributed by atoms with van der Waals surface area (Å²) >= 11 is -0.666. The molecule has 27 heavy (non-hydrogen) atoms. The second-order valence-corrected chi connectivity index (χ2v) is 16.0. The Kier molecular flexibility index (Phi) is 7.27. The van der Waals surface area contributed by atoms with Crippen LogP contribution < -0.4 is 24.8 Å². The van der Waals surface area contributed by atoms with Crippen molar-refractivity contribution >= 4 is 0 Å². The molecule has 2 unspecified atom stereocenters. The monoisotopic (exact) mass is 482 g/mol. The zero-order valence-corrected chi connectivity index (χ0v) is 21.3. The maximum absolute atomic E-state index is 2.69. The molecule has 4 aliphatic carbocycles. The second-order valence-electron chi connectivity index (χ2n) is 10.1. The van der Waals surface area contributed by atoms with Crippen molar-refractivity contribution in [2.24, 2.45) is 10.8 Å². The molecule has 4 aliphatic rings. The summed E-state index contributed by atoms with van der Waals surface area (Å²) in [5.41, 5.74) is 4.26. The van der Waals surface area contributed by atoms with E-state index in [1.165, 1.54) is 51.4 Å². The van der Waals surface area contributed by atoms with E-state index in [0.29, 0.717) is 17.1 Å². The average Bonchev–Trinajstić information content (AvgIpc) is 3.29. The predicted molar refractivity (Wildman–Crippen MR) is 104 cm³/mol. The molecule has 0 amide bonds. The Morgan fingerprint density at radius 3 is 1.30 bits per heavy atom. The molecule has 0 N–H and O–H groups in total. The molecule has 0 aliphatic heterocycles. The van der Waals surface area contributed by atoms with Crippen molar-refractivity contribution in [2.75, 3.05) is 0 Å². The molecule has 3 heteroatoms. The van der Waals surface area contributed by atoms with Crippen molar-refractivity contribution < 1.29 is 48.0 Å². The van der Waals surface area contributed by atoms with E-state index in [-0.39, 0.29) is 24.8 Å². The van der Waals surface area contributed by atoms with E-state index in [4.69, 9.17) is 0 Å². The number of hydrogen-bond acceptors (Lipinski definition) is 0. The second kappa shape index (κ2) is 8.28. The summed E-state index contributed by atoms with van der Waals surface area (Å²) < 4.78 is 0.762. The quantitative estimate of drug-likeness (QED) is 0.569. The van der Waals surface area contributed by atoms with Crippen LogP contribution in [-0.2, 0) is 23.2 Å². The van der Waals surface area contributed by atoms with E-state index in [2.05, 4.69) is 64.2 Å². The molecule has 0 nitrogen and oxygen atoms in total. The Balaban J connectivity index is 0.00000131. The third-order valence-corrected chi connectivity index (χ3v) is 11.7. The summed E-state index contributed by atoms with van der Waals surface area (Å²) in [6.07, 6.45) is 26.8. The number of hydrogen-bond donors (Lipinski definition) is 0. The fourth-order valence-electron chi connectivity index (χ4n) is 5.74. The molecular weight excluding hydrogens is 450 g/mol. The van der Waals surface area contributed by atoms with Crippen LogP contribution in [0, 0.1) is 10.8 Å². The summed E-state index contributed by atoms with van der Waals surface area (Å²) in [7, 11) is 0. The Morgan fingerprint density at radius 1 is 0.630 bits per heavy atom. The van der Waals surface area contributed by atoms with Gasteiger partial charge in [0.15, 0.2) is 0 Å². The molecule has 2 atom stereocenters. The van der Waals surface area contributed by atoms with Gasteiger partial charge in [-0.1, -0.05) is 0 Å². The third-order valence-electron chi connectivity index (χ3n) is 7.48. The predicted octanol–water partition coefficient (Wildman–Crippen LogP) is 1.59. The molecular formula is C24H34Cl2Zr. The van der Waals surface area contributed by atoms with Gasteiger partial charge in [0.1, 0.15) is 0 Å². The van der Waals surface area contributed by atoms with E-state index in [1.54, 1.807) is 11.1 Å². The number of halogens is 2. The maximum atomic E-state index is 2.69. The Hall–Kier alpha value is 0.423. The smallest absolute Gasteiger partial charge is 1.00 e. The van der Waals surface area contributed by atoms with Gasteiger partial charge in [-0.05, 0) is 0 Å². The summed E-state index contributed by atoms with van der Waals surface area (Å²) in [5.74, 6) is 0. The van der Waals surface area contributed by atoms with Gasteiger partial charge in [-0.15, -0.1) is 0 Å². The van der Waals surface area contributed by atoms with Gasteiger partial charge in [-0.2, -0.15) is 0 Å². The van der Waals surface area contributed by atoms with Crippen LogP contribution in [0.5, 0.6) is 0 Å². The molecule has 0 heterocycles. The van der Waals surface area contributed by atoms with Gasteiger partial charge >= 0.3 is 167 Å². The van der Waals surface area contributed by atoms with Gasteiger partial charge in [0.05, 0.1) is 0 Å². The van der Waals surface area contributed by atoms with Gasteiger partial charge < -0.3 is 24.8 Å². The van der Waals surface area contributed by atoms with Gasteiger partial charge in [0.2, 0.25) is 0 Å². The van der Waals surface area contributed by atoms with Crippen LogP contribution in [0.3, 0.4) is 0 Å². The van der Waals surface area contributed by atoms with E-state index in [1.807, 2.05) is 0 Å². The van der Waals surface area contributed by atoms with Crippen LogP contribution >= 0.6 is 0 Å². The zero-order valence-electron chi connectivity index (χ0n) is 17.4. The molecule has 2 saturated carbocycles. The van der Waals surface area contributed by atoms with Gasteiger partial charge in [-0.25, -0.2) is 0 Å². The van der Waals surface area contributed by atoms with Crippen LogP contribution in [0.25, 0.3) is 0 Å². The largest absolute Gasteiger partial charge is 1.00 e. The SMILES string of the molecule is C[C]1([Zr+2][C]2(C)C=CC(C3(C)CCCC3)=C2)C=CC(C2(C)CCCC2)=C1.[Cl-].[Cl-]. The van der Waals surface area contributed by atoms with E-state index < -0.39 is 23.2 Å². The Labute approximate surface area is 190 Å². The van der Waals surface area contributed by atoms with Crippen molar-refractivity contribution in [3.05, 3.63) is 47.6 Å². The number of allylic oxidation sites excluding steroid dienone is 8. The first-order chi connectivity index (χ1) is 11.7. The minimum Gasteiger partial charge on any atom is -1.00 e. The van der Waals surface area contributed by atoms with Crippen molar-refractivity contribution in [1.82, 2.24) is 0 Å². The first-order valence-electron chi connectivity index (χ1n) is 10.4. The molecule has 0 aromatic rings. The zero-order chi connectivity index (χ0) is 17.8. The van der Waals surface area contributed by atoms with Gasteiger partial charge in [0, 0.05) is 0 Å². The van der Waals surface area contributed by atoms with Crippen molar-refractivity contribution in [1.29, 1.82) is 0 Å². The summed E-state index contributed by atoms with van der Waals surface area (Å²) in [6, 6.07) is 0. The fourth-order valence-corrected chi connectivity index (χ4v) is 10.5. The van der Waals surface area contributed by atoms with Crippen molar-refractivity contribution in [3.8, 4) is 0 Å². The van der Waals surface area contributed by atoms with Crippen LogP contribution in [0.15, 0.2) is 47.6 Å². The summed E-state index contributed by atoms with van der Waals surface area (Å²) in [5, 5.41) is 0. The normalized spacial score (nSPS) is 35.3. The molecule has 0 spiro atoms. The summed E-state index contributed by atoms with van der Waals surface area (Å²) in [6.45, 7) is 10.0. The van der Waals surface area contributed by atoms with E-state index in [0.717, 1.165) is 0 Å². The number of rotatable bonds is 4. The first-order valence-corrected chi connectivity index (χ1v) is 12.8. The third kappa shape index (κ3) is 4.62. The molecule has 148 valence electrons. The van der Waals surface area contributed by atoms with Gasteiger partial charge in [-0.3, -0.25) is 0 Å². The van der Waals surface area contributed by atoms with Crippen LogP contribution in [-0.4, -0.2) is 0 Å². The van der Waals surface area contributed by atoms with Crippen LogP contribution in [0.1, 0.15) is 79.1 Å². The van der Waals surface area contributed by atoms with E-state index >= 15 is 0 Å². The molecule has 0 saturated heterocycles. The molecule has 0 aromatic heterocycles. The molecule has 4 rings (SSSR count). The van der Waals surface area contributed by atoms with Crippen molar-refractivity contribution in [3.63, 3.8) is 0 Å². The maximum Gasteiger partial charge on any atom is -1.00 e. The molecule has 0 bridgehead atoms. The Bertz CT molecular complexity index is 616. The fraction of sp³-hybridized carbons (Fsp3) is 0.667. The minimum absolute atomic E-state index is 0. The standard InChI is InChI=1S/2C12H17.2ClH.Zr/c2*1-10-5-6-11(9-10)12(2)7-3-4-8-12;;;/h2*5-6,9H,3-4,7-8H2,1-2H3;2*1H;/q;;;;+2/p-2. The van der Waals surface area contributed by atoms with Crippen molar-refractivity contribution in [2.45, 2.75) is 85.3 Å². The molecule has 0 radical (unpaired) electrons. The average molecular weight is 485 g/mol. The Morgan fingerprint density at radius 2 is 0.963 bits per heavy atom. The summed E-state index contributed by atoms with van der Waals surface area (Å²) in [4.78, 5) is 0. The van der Waals surface area contributed by atoms with Crippen LogP contribution in [0.2, 0.25) is 6.25 Å². The van der Waals surface area contributed by atoms with Gasteiger partial charge in [0.25, 0.3) is 0 Å². The van der Waals surface area contributed by atoms with E-state index in [9.17, 15) is 0 Å². The molecule has 0 aromatic carbocycles. The topological polar surface area (TPSA) is 0 Å².